The number of aryl methyl sites for hydroxylation is 1. The van der Waals surface area contributed by atoms with E-state index in [0.29, 0.717) is 5.16 Å². The molecule has 1 heterocycles. The molecule has 126 valence electrons. The lowest BCUT2D eigenvalue weighted by molar-refractivity contribution is -0.116. The first-order chi connectivity index (χ1) is 11.5. The zero-order valence-electron chi connectivity index (χ0n) is 13.3. The topological polar surface area (TPSA) is 84.0 Å². The molecular formula is C16H17ClN4O2S. The highest BCUT2D eigenvalue weighted by molar-refractivity contribution is 7.98. The molecule has 0 radical (unpaired) electrons. The molecule has 0 aliphatic carbocycles. The molecule has 0 atom stereocenters. The molecule has 24 heavy (non-hydrogen) atoms. The molecule has 0 fully saturated rings. The summed E-state index contributed by atoms with van der Waals surface area (Å²) in [6.07, 6.45) is 3.34. The largest absolute Gasteiger partial charge is 0.350 e. The number of rotatable bonds is 6. The van der Waals surface area contributed by atoms with E-state index in [0.717, 1.165) is 11.3 Å². The van der Waals surface area contributed by atoms with Gasteiger partial charge in [-0.3, -0.25) is 9.59 Å². The number of anilines is 1. The van der Waals surface area contributed by atoms with Gasteiger partial charge in [-0.15, -0.1) is 0 Å². The molecule has 2 rings (SSSR count). The third kappa shape index (κ3) is 5.21. The van der Waals surface area contributed by atoms with Gasteiger partial charge in [-0.25, -0.2) is 9.97 Å². The molecule has 0 saturated heterocycles. The van der Waals surface area contributed by atoms with Gasteiger partial charge in [0.2, 0.25) is 5.91 Å². The molecular weight excluding hydrogens is 348 g/mol. The van der Waals surface area contributed by atoms with Gasteiger partial charge in [0.05, 0.1) is 11.2 Å². The first kappa shape index (κ1) is 18.2. The van der Waals surface area contributed by atoms with Gasteiger partial charge in [-0.1, -0.05) is 41.1 Å². The van der Waals surface area contributed by atoms with E-state index in [2.05, 4.69) is 20.6 Å². The molecule has 8 heteroatoms. The van der Waals surface area contributed by atoms with Crippen LogP contribution in [0.4, 0.5) is 5.69 Å². The summed E-state index contributed by atoms with van der Waals surface area (Å²) in [6.45, 7) is 2.16. The zero-order valence-corrected chi connectivity index (χ0v) is 14.9. The lowest BCUT2D eigenvalue weighted by Gasteiger charge is -2.08. The quantitative estimate of drug-likeness (QED) is 0.608. The van der Waals surface area contributed by atoms with E-state index in [1.807, 2.05) is 31.2 Å². The Morgan fingerprint density at radius 2 is 1.96 bits per heavy atom. The second-order valence-electron chi connectivity index (χ2n) is 4.97. The van der Waals surface area contributed by atoms with E-state index in [1.54, 1.807) is 6.26 Å². The van der Waals surface area contributed by atoms with E-state index in [-0.39, 0.29) is 29.6 Å². The number of halogens is 1. The number of benzene rings is 1. The van der Waals surface area contributed by atoms with Gasteiger partial charge >= 0.3 is 0 Å². The van der Waals surface area contributed by atoms with Crippen molar-refractivity contribution in [1.29, 1.82) is 0 Å². The first-order valence-electron chi connectivity index (χ1n) is 7.21. The number of carbonyl (C=O) groups is 2. The Morgan fingerprint density at radius 1 is 1.25 bits per heavy atom. The fourth-order valence-corrected chi connectivity index (χ4v) is 2.36. The highest BCUT2D eigenvalue weighted by Gasteiger charge is 2.14. The Hall–Kier alpha value is -2.12. The van der Waals surface area contributed by atoms with E-state index in [4.69, 9.17) is 11.6 Å². The van der Waals surface area contributed by atoms with Crippen LogP contribution in [0.2, 0.25) is 5.02 Å². The monoisotopic (exact) mass is 364 g/mol. The van der Waals surface area contributed by atoms with Crippen LogP contribution >= 0.6 is 23.4 Å². The summed E-state index contributed by atoms with van der Waals surface area (Å²) in [5.41, 5.74) is 1.95. The Balaban J connectivity index is 1.84. The van der Waals surface area contributed by atoms with Gasteiger partial charge in [0, 0.05) is 18.7 Å². The number of nitrogens with zero attached hydrogens (tertiary/aromatic N) is 2. The second-order valence-corrected chi connectivity index (χ2v) is 6.15. The number of carbonyl (C=O) groups excluding carboxylic acids is 2. The van der Waals surface area contributed by atoms with Crippen LogP contribution in [-0.4, -0.2) is 34.6 Å². The summed E-state index contributed by atoms with van der Waals surface area (Å²) in [6, 6.07) is 7.49. The van der Waals surface area contributed by atoms with Crippen molar-refractivity contribution in [3.63, 3.8) is 0 Å². The van der Waals surface area contributed by atoms with Gasteiger partial charge in [-0.05, 0) is 25.3 Å². The second kappa shape index (κ2) is 8.65. The van der Waals surface area contributed by atoms with Crippen LogP contribution in [-0.2, 0) is 4.79 Å². The Morgan fingerprint density at radius 3 is 2.62 bits per heavy atom. The van der Waals surface area contributed by atoms with Gasteiger partial charge in [0.15, 0.2) is 10.9 Å². The minimum atomic E-state index is -0.430. The predicted octanol–water partition coefficient (Wildman–Crippen LogP) is 2.92. The summed E-state index contributed by atoms with van der Waals surface area (Å²) < 4.78 is 0. The van der Waals surface area contributed by atoms with Crippen molar-refractivity contribution in [3.8, 4) is 0 Å². The third-order valence-electron chi connectivity index (χ3n) is 3.09. The minimum absolute atomic E-state index is 0.106. The standard InChI is InChI=1S/C16H17ClN4O2S/c1-10-3-5-11(6-4-10)20-13(22)7-8-18-15(23)14-12(17)9-19-16(21-14)24-2/h3-6,9H,7-8H2,1-2H3,(H,18,23)(H,20,22). The molecule has 1 aromatic heterocycles. The fourth-order valence-electron chi connectivity index (χ4n) is 1.84. The molecule has 0 unspecified atom stereocenters. The van der Waals surface area contributed by atoms with Crippen molar-refractivity contribution >= 4 is 40.9 Å². The maximum absolute atomic E-state index is 12.1. The summed E-state index contributed by atoms with van der Waals surface area (Å²) in [5, 5.41) is 6.04. The molecule has 2 aromatic rings. The molecule has 0 spiro atoms. The van der Waals surface area contributed by atoms with Gasteiger partial charge < -0.3 is 10.6 Å². The van der Waals surface area contributed by atoms with Crippen LogP contribution in [0.25, 0.3) is 0 Å². The highest BCUT2D eigenvalue weighted by atomic mass is 35.5. The summed E-state index contributed by atoms with van der Waals surface area (Å²) in [7, 11) is 0. The maximum atomic E-state index is 12.1. The molecule has 0 aliphatic rings. The summed E-state index contributed by atoms with van der Waals surface area (Å²) in [5.74, 6) is -0.612. The number of nitrogens with one attached hydrogen (secondary N) is 2. The van der Waals surface area contributed by atoms with Crippen molar-refractivity contribution in [2.75, 3.05) is 18.1 Å². The van der Waals surface area contributed by atoms with Crippen LogP contribution in [0.5, 0.6) is 0 Å². The van der Waals surface area contributed by atoms with E-state index < -0.39 is 5.91 Å². The van der Waals surface area contributed by atoms with Gasteiger partial charge in [0.1, 0.15) is 0 Å². The van der Waals surface area contributed by atoms with E-state index in [1.165, 1.54) is 18.0 Å². The number of hydrogen-bond donors (Lipinski definition) is 2. The van der Waals surface area contributed by atoms with E-state index >= 15 is 0 Å². The smallest absolute Gasteiger partial charge is 0.271 e. The van der Waals surface area contributed by atoms with Crippen LogP contribution in [0.1, 0.15) is 22.5 Å². The molecule has 0 bridgehead atoms. The summed E-state index contributed by atoms with van der Waals surface area (Å²) in [4.78, 5) is 32.0. The third-order valence-corrected chi connectivity index (χ3v) is 3.93. The average molecular weight is 365 g/mol. The average Bonchev–Trinajstić information content (AvgIpc) is 2.57. The van der Waals surface area contributed by atoms with Crippen LogP contribution in [0, 0.1) is 6.92 Å². The maximum Gasteiger partial charge on any atom is 0.271 e. The van der Waals surface area contributed by atoms with Crippen LogP contribution in [0.3, 0.4) is 0 Å². The van der Waals surface area contributed by atoms with Crippen molar-refractivity contribution < 1.29 is 9.59 Å². The minimum Gasteiger partial charge on any atom is -0.350 e. The number of hydrogen-bond acceptors (Lipinski definition) is 5. The fraction of sp³-hybridized carbons (Fsp3) is 0.250. The van der Waals surface area contributed by atoms with E-state index in [9.17, 15) is 9.59 Å². The SMILES string of the molecule is CSc1ncc(Cl)c(C(=O)NCCC(=O)Nc2ccc(C)cc2)n1. The first-order valence-corrected chi connectivity index (χ1v) is 8.81. The van der Waals surface area contributed by atoms with Gasteiger partial charge in [-0.2, -0.15) is 0 Å². The molecule has 0 saturated carbocycles. The van der Waals surface area contributed by atoms with Crippen molar-refractivity contribution in [1.82, 2.24) is 15.3 Å². The molecule has 0 aliphatic heterocycles. The zero-order chi connectivity index (χ0) is 17.5. The molecule has 2 N–H and O–H groups in total. The number of aromatic nitrogens is 2. The number of thioether (sulfide) groups is 1. The lowest BCUT2D eigenvalue weighted by atomic mass is 10.2. The summed E-state index contributed by atoms with van der Waals surface area (Å²) >= 11 is 7.25. The molecule has 6 nitrogen and oxygen atoms in total. The Kier molecular flexibility index (Phi) is 6.57. The highest BCUT2D eigenvalue weighted by Crippen LogP contribution is 2.16. The van der Waals surface area contributed by atoms with Crippen LogP contribution in [0.15, 0.2) is 35.6 Å². The molecule has 2 amide bonds. The number of amides is 2. The predicted molar refractivity (Wildman–Crippen MR) is 95.6 cm³/mol. The van der Waals surface area contributed by atoms with Crippen molar-refractivity contribution in [2.24, 2.45) is 0 Å². The Bertz CT molecular complexity index is 737. The normalized spacial score (nSPS) is 10.3. The van der Waals surface area contributed by atoms with Crippen molar-refractivity contribution in [2.45, 2.75) is 18.5 Å². The van der Waals surface area contributed by atoms with Crippen LogP contribution < -0.4 is 10.6 Å². The van der Waals surface area contributed by atoms with Crippen molar-refractivity contribution in [3.05, 3.63) is 46.7 Å². The molecule has 1 aromatic carbocycles. The lowest BCUT2D eigenvalue weighted by Crippen LogP contribution is -2.28. The van der Waals surface area contributed by atoms with Gasteiger partial charge in [0.25, 0.3) is 5.91 Å². The Labute approximate surface area is 149 Å².